The van der Waals surface area contributed by atoms with Crippen molar-refractivity contribution in [1.29, 1.82) is 0 Å². The zero-order valence-corrected chi connectivity index (χ0v) is 9.32. The van der Waals surface area contributed by atoms with Gasteiger partial charge in [0.25, 0.3) is 6.43 Å². The molecule has 0 saturated heterocycles. The van der Waals surface area contributed by atoms with E-state index in [0.717, 1.165) is 0 Å². The topological polar surface area (TPSA) is 17.1 Å². The monoisotopic (exact) mass is 252 g/mol. The molecule has 0 aliphatic rings. The molecule has 0 fully saturated rings. The lowest BCUT2D eigenvalue weighted by Gasteiger charge is -2.08. The third-order valence-corrected chi connectivity index (χ3v) is 2.51. The molecule has 0 spiro atoms. The van der Waals surface area contributed by atoms with Gasteiger partial charge in [-0.3, -0.25) is 4.79 Å². The summed E-state index contributed by atoms with van der Waals surface area (Å²) in [6.45, 7) is 1.47. The van der Waals surface area contributed by atoms with Crippen LogP contribution in [-0.4, -0.2) is 11.2 Å². The quantitative estimate of drug-likeness (QED) is 0.585. The Hall–Kier alpha value is -0.670. The molecule has 0 heterocycles. The number of Topliss-reactive ketones (excluding diaryl/α,β-unsaturated/α-hetero) is 1. The van der Waals surface area contributed by atoms with E-state index in [4.69, 9.17) is 23.2 Å². The zero-order valence-electron chi connectivity index (χ0n) is 7.81. The molecule has 0 bridgehead atoms. The van der Waals surface area contributed by atoms with E-state index >= 15 is 0 Å². The van der Waals surface area contributed by atoms with Crippen LogP contribution in [0.2, 0.25) is 5.02 Å². The van der Waals surface area contributed by atoms with Crippen LogP contribution in [0.25, 0.3) is 0 Å². The molecule has 1 aromatic carbocycles. The summed E-state index contributed by atoms with van der Waals surface area (Å²) in [5.74, 6) is -0.454. The van der Waals surface area contributed by atoms with Crippen LogP contribution >= 0.6 is 23.2 Å². The van der Waals surface area contributed by atoms with Crippen LogP contribution in [0.5, 0.6) is 0 Å². The summed E-state index contributed by atoms with van der Waals surface area (Å²) in [4.78, 5) is 11.5. The standard InChI is InChI=1S/C10H8Cl2F2O/c1-5(11)9(15)6-3-2-4-7(8(6)12)10(13)14/h2-5,10H,1H3. The van der Waals surface area contributed by atoms with Crippen molar-refractivity contribution in [3.8, 4) is 0 Å². The lowest BCUT2D eigenvalue weighted by molar-refractivity contribution is 0.0991. The van der Waals surface area contributed by atoms with E-state index in [1.54, 1.807) is 0 Å². The van der Waals surface area contributed by atoms with E-state index in [2.05, 4.69) is 0 Å². The minimum atomic E-state index is -2.70. The van der Waals surface area contributed by atoms with Gasteiger partial charge in [0, 0.05) is 11.1 Å². The normalized spacial score (nSPS) is 12.9. The SMILES string of the molecule is CC(Cl)C(=O)c1cccc(C(F)F)c1Cl. The highest BCUT2D eigenvalue weighted by atomic mass is 35.5. The Morgan fingerprint density at radius 1 is 1.40 bits per heavy atom. The highest BCUT2D eigenvalue weighted by Crippen LogP contribution is 2.30. The van der Waals surface area contributed by atoms with Gasteiger partial charge < -0.3 is 0 Å². The smallest absolute Gasteiger partial charge is 0.265 e. The third kappa shape index (κ3) is 2.67. The van der Waals surface area contributed by atoms with E-state index in [0.29, 0.717) is 0 Å². The van der Waals surface area contributed by atoms with Crippen molar-refractivity contribution in [3.05, 3.63) is 34.3 Å². The Labute approximate surface area is 96.0 Å². The summed E-state index contributed by atoms with van der Waals surface area (Å²) < 4.78 is 24.9. The molecule has 1 nitrogen and oxygen atoms in total. The van der Waals surface area contributed by atoms with Crippen molar-refractivity contribution in [2.75, 3.05) is 0 Å². The fraction of sp³-hybridized carbons (Fsp3) is 0.300. The number of carbonyl (C=O) groups excluding carboxylic acids is 1. The maximum Gasteiger partial charge on any atom is 0.265 e. The van der Waals surface area contributed by atoms with Crippen LogP contribution in [0.1, 0.15) is 29.3 Å². The molecule has 0 saturated carbocycles. The molecular weight excluding hydrogens is 245 g/mol. The Kier molecular flexibility index (Phi) is 4.05. The van der Waals surface area contributed by atoms with E-state index in [1.807, 2.05) is 0 Å². The molecule has 0 aliphatic carbocycles. The molecule has 1 aromatic rings. The van der Waals surface area contributed by atoms with Gasteiger partial charge in [-0.05, 0) is 13.0 Å². The second-order valence-corrected chi connectivity index (χ2v) is 4.02. The summed E-state index contributed by atoms with van der Waals surface area (Å²) in [6, 6.07) is 3.93. The summed E-state index contributed by atoms with van der Waals surface area (Å²) in [5, 5.41) is -1.000. The van der Waals surface area contributed by atoms with Crippen LogP contribution in [0.4, 0.5) is 8.78 Å². The maximum atomic E-state index is 12.4. The highest BCUT2D eigenvalue weighted by molar-refractivity contribution is 6.39. The number of halogens is 4. The summed E-state index contributed by atoms with van der Waals surface area (Å²) in [5.41, 5.74) is -0.309. The van der Waals surface area contributed by atoms with Crippen molar-refractivity contribution < 1.29 is 13.6 Å². The second kappa shape index (κ2) is 4.90. The molecular formula is C10H8Cl2F2O. The van der Waals surface area contributed by atoms with E-state index < -0.39 is 17.6 Å². The van der Waals surface area contributed by atoms with Gasteiger partial charge in [-0.1, -0.05) is 23.7 Å². The number of rotatable bonds is 3. The summed E-state index contributed by atoms with van der Waals surface area (Å²) in [7, 11) is 0. The van der Waals surface area contributed by atoms with Crippen LogP contribution in [0, 0.1) is 0 Å². The van der Waals surface area contributed by atoms with E-state index in [9.17, 15) is 13.6 Å². The zero-order chi connectivity index (χ0) is 11.6. The van der Waals surface area contributed by atoms with Crippen LogP contribution < -0.4 is 0 Å². The molecule has 1 atom stereocenters. The molecule has 82 valence electrons. The summed E-state index contributed by atoms with van der Waals surface area (Å²) >= 11 is 11.3. The molecule has 0 radical (unpaired) electrons. The number of ketones is 1. The predicted octanol–water partition coefficient (Wildman–Crippen LogP) is 4.09. The first-order valence-electron chi connectivity index (χ1n) is 4.20. The van der Waals surface area contributed by atoms with Crippen molar-refractivity contribution in [2.24, 2.45) is 0 Å². The van der Waals surface area contributed by atoms with Gasteiger partial charge in [0.15, 0.2) is 5.78 Å². The van der Waals surface area contributed by atoms with Crippen LogP contribution in [-0.2, 0) is 0 Å². The number of hydrogen-bond acceptors (Lipinski definition) is 1. The number of alkyl halides is 3. The van der Waals surface area contributed by atoms with E-state index in [-0.39, 0.29) is 16.1 Å². The lowest BCUT2D eigenvalue weighted by Crippen LogP contribution is -2.11. The number of carbonyl (C=O) groups is 1. The average molecular weight is 253 g/mol. The average Bonchev–Trinajstić information content (AvgIpc) is 2.16. The highest BCUT2D eigenvalue weighted by Gasteiger charge is 2.20. The maximum absolute atomic E-state index is 12.4. The summed E-state index contributed by atoms with van der Waals surface area (Å²) in [6.07, 6.45) is -2.70. The number of benzene rings is 1. The van der Waals surface area contributed by atoms with Crippen molar-refractivity contribution in [2.45, 2.75) is 18.7 Å². The minimum absolute atomic E-state index is 0.0389. The first-order chi connectivity index (χ1) is 6.95. The van der Waals surface area contributed by atoms with Gasteiger partial charge >= 0.3 is 0 Å². The molecule has 5 heteroatoms. The predicted molar refractivity (Wildman–Crippen MR) is 56.1 cm³/mol. The van der Waals surface area contributed by atoms with Crippen molar-refractivity contribution in [3.63, 3.8) is 0 Å². The first-order valence-corrected chi connectivity index (χ1v) is 5.01. The second-order valence-electron chi connectivity index (χ2n) is 2.99. The lowest BCUT2D eigenvalue weighted by atomic mass is 10.1. The van der Waals surface area contributed by atoms with Crippen LogP contribution in [0.3, 0.4) is 0 Å². The molecule has 0 N–H and O–H groups in total. The van der Waals surface area contributed by atoms with Crippen molar-refractivity contribution >= 4 is 29.0 Å². The molecule has 1 rings (SSSR count). The fourth-order valence-corrected chi connectivity index (χ4v) is 1.54. The van der Waals surface area contributed by atoms with Gasteiger partial charge in [-0.25, -0.2) is 8.78 Å². The van der Waals surface area contributed by atoms with Crippen molar-refractivity contribution in [1.82, 2.24) is 0 Å². The van der Waals surface area contributed by atoms with Gasteiger partial charge in [-0.2, -0.15) is 0 Å². The third-order valence-electron chi connectivity index (χ3n) is 1.89. The Morgan fingerprint density at radius 3 is 2.47 bits per heavy atom. The number of hydrogen-bond donors (Lipinski definition) is 0. The Bertz CT molecular complexity index is 378. The molecule has 15 heavy (non-hydrogen) atoms. The Morgan fingerprint density at radius 2 is 2.00 bits per heavy atom. The van der Waals surface area contributed by atoms with Gasteiger partial charge in [0.1, 0.15) is 0 Å². The first kappa shape index (κ1) is 12.4. The molecule has 0 amide bonds. The van der Waals surface area contributed by atoms with Gasteiger partial charge in [0.2, 0.25) is 0 Å². The van der Waals surface area contributed by atoms with E-state index in [1.165, 1.54) is 25.1 Å². The van der Waals surface area contributed by atoms with Gasteiger partial charge in [0.05, 0.1) is 10.4 Å². The molecule has 0 aliphatic heterocycles. The fourth-order valence-electron chi connectivity index (χ4n) is 1.12. The van der Waals surface area contributed by atoms with Crippen LogP contribution in [0.15, 0.2) is 18.2 Å². The largest absolute Gasteiger partial charge is 0.292 e. The van der Waals surface area contributed by atoms with Gasteiger partial charge in [-0.15, -0.1) is 11.6 Å². The molecule has 0 aromatic heterocycles. The Balaban J connectivity index is 3.21. The minimum Gasteiger partial charge on any atom is -0.292 e. The molecule has 1 unspecified atom stereocenters.